The molecule has 0 heterocycles. The molecule has 0 spiro atoms. The molecule has 0 bridgehead atoms. The first-order valence-corrected chi connectivity index (χ1v) is 8.21. The van der Waals surface area contributed by atoms with E-state index in [2.05, 4.69) is 5.32 Å². The maximum Gasteiger partial charge on any atom is 0.288 e. The summed E-state index contributed by atoms with van der Waals surface area (Å²) in [5.41, 5.74) is 1.09. The third kappa shape index (κ3) is 5.90. The van der Waals surface area contributed by atoms with Crippen LogP contribution >= 0.6 is 11.8 Å². The molecule has 128 valence electrons. The summed E-state index contributed by atoms with van der Waals surface area (Å²) in [5.74, 6) is -2.98. The van der Waals surface area contributed by atoms with Crippen molar-refractivity contribution in [1.82, 2.24) is 0 Å². The van der Waals surface area contributed by atoms with E-state index < -0.39 is 5.76 Å². The molecule has 24 heavy (non-hydrogen) atoms. The summed E-state index contributed by atoms with van der Waals surface area (Å²) in [6.07, 6.45) is 0. The number of rotatable bonds is 7. The quantitative estimate of drug-likeness (QED) is 0.749. The fourth-order valence-electron chi connectivity index (χ4n) is 2.23. The summed E-state index contributed by atoms with van der Waals surface area (Å²) in [6.45, 7) is 0.561. The van der Waals surface area contributed by atoms with Gasteiger partial charge in [-0.2, -0.15) is 8.78 Å². The Labute approximate surface area is 142 Å². The minimum Gasteiger partial charge on any atom is -0.326 e. The number of carbonyl (C=O) groups is 1. The van der Waals surface area contributed by atoms with Crippen LogP contribution in [0.4, 0.5) is 18.9 Å². The fourth-order valence-corrected chi connectivity index (χ4v) is 2.73. The lowest BCUT2D eigenvalue weighted by molar-refractivity contribution is -0.885. The average molecular weight is 355 g/mol. The molecule has 2 rings (SSSR count). The Morgan fingerprint density at radius 3 is 2.46 bits per heavy atom. The van der Waals surface area contributed by atoms with Crippen molar-refractivity contribution in [2.24, 2.45) is 0 Å². The molecule has 2 aromatic rings. The number of thioether (sulfide) groups is 1. The molecule has 1 amide bonds. The average Bonchev–Trinajstić information content (AvgIpc) is 2.51. The second kappa shape index (κ2) is 8.75. The molecule has 3 nitrogen and oxygen atoms in total. The van der Waals surface area contributed by atoms with Crippen LogP contribution in [0.15, 0.2) is 53.4 Å². The Morgan fingerprint density at radius 1 is 1.17 bits per heavy atom. The highest BCUT2D eigenvalue weighted by Gasteiger charge is 2.13. The molecule has 1 atom stereocenters. The van der Waals surface area contributed by atoms with E-state index in [9.17, 15) is 18.0 Å². The molecular formula is C17H18F3N2OS+. The maximum atomic E-state index is 13.6. The molecule has 7 heteroatoms. The zero-order valence-electron chi connectivity index (χ0n) is 13.1. The van der Waals surface area contributed by atoms with Crippen LogP contribution in [0.1, 0.15) is 5.56 Å². The Morgan fingerprint density at radius 2 is 1.83 bits per heavy atom. The number of benzene rings is 2. The number of quaternary nitrogens is 1. The van der Waals surface area contributed by atoms with Crippen LogP contribution in [0.5, 0.6) is 0 Å². The monoisotopic (exact) mass is 355 g/mol. The van der Waals surface area contributed by atoms with Gasteiger partial charge in [0.15, 0.2) is 6.54 Å². The van der Waals surface area contributed by atoms with Gasteiger partial charge in [0.2, 0.25) is 0 Å². The number of nitrogens with one attached hydrogen (secondary N) is 2. The standard InChI is InChI=1S/C17H17F3N2OS/c1-22(10-12-4-2-3-5-15(12)18)11-16(23)21-13-6-8-14(9-7-13)24-17(19)20/h2-9,17H,10-11H2,1H3,(H,21,23)/p+1. The normalized spacial score (nSPS) is 12.2. The molecule has 0 saturated heterocycles. The maximum absolute atomic E-state index is 13.6. The van der Waals surface area contributed by atoms with E-state index in [4.69, 9.17) is 0 Å². The summed E-state index contributed by atoms with van der Waals surface area (Å²) in [7, 11) is 1.80. The first-order chi connectivity index (χ1) is 11.4. The number of hydrogen-bond acceptors (Lipinski definition) is 2. The largest absolute Gasteiger partial charge is 0.326 e. The highest BCUT2D eigenvalue weighted by molar-refractivity contribution is 7.99. The molecule has 0 radical (unpaired) electrons. The van der Waals surface area contributed by atoms with E-state index in [1.807, 2.05) is 0 Å². The van der Waals surface area contributed by atoms with Crippen molar-refractivity contribution >= 4 is 23.4 Å². The second-order valence-corrected chi connectivity index (χ2v) is 6.42. The van der Waals surface area contributed by atoms with Crippen LogP contribution < -0.4 is 10.2 Å². The van der Waals surface area contributed by atoms with E-state index in [-0.39, 0.29) is 18.3 Å². The Balaban J connectivity index is 1.85. The van der Waals surface area contributed by atoms with Gasteiger partial charge >= 0.3 is 0 Å². The number of alkyl halides is 2. The van der Waals surface area contributed by atoms with Crippen molar-refractivity contribution in [3.05, 3.63) is 59.9 Å². The lowest BCUT2D eigenvalue weighted by atomic mass is 10.2. The topological polar surface area (TPSA) is 33.5 Å². The Bertz CT molecular complexity index is 680. The summed E-state index contributed by atoms with van der Waals surface area (Å²) < 4.78 is 38.1. The number of anilines is 1. The van der Waals surface area contributed by atoms with Gasteiger partial charge in [0.05, 0.1) is 7.05 Å². The van der Waals surface area contributed by atoms with Crippen LogP contribution in [0.2, 0.25) is 0 Å². The Hall–Kier alpha value is -1.99. The van der Waals surface area contributed by atoms with Crippen LogP contribution in [0.25, 0.3) is 0 Å². The first-order valence-electron chi connectivity index (χ1n) is 7.33. The predicted octanol–water partition coefficient (Wildman–Crippen LogP) is 2.79. The van der Waals surface area contributed by atoms with Crippen molar-refractivity contribution in [1.29, 1.82) is 0 Å². The summed E-state index contributed by atoms with van der Waals surface area (Å²) >= 11 is 0.454. The fraction of sp³-hybridized carbons (Fsp3) is 0.235. The second-order valence-electron chi connectivity index (χ2n) is 5.35. The highest BCUT2D eigenvalue weighted by atomic mass is 32.2. The van der Waals surface area contributed by atoms with Crippen LogP contribution in [-0.2, 0) is 11.3 Å². The first kappa shape index (κ1) is 18.4. The van der Waals surface area contributed by atoms with Crippen LogP contribution in [0, 0.1) is 5.82 Å². The van der Waals surface area contributed by atoms with Crippen molar-refractivity contribution in [2.45, 2.75) is 17.2 Å². The summed E-state index contributed by atoms with van der Waals surface area (Å²) in [5, 5.41) is 2.70. The van der Waals surface area contributed by atoms with Crippen molar-refractivity contribution in [3.8, 4) is 0 Å². The molecule has 2 N–H and O–H groups in total. The molecule has 0 aliphatic rings. The van der Waals surface area contributed by atoms with Gasteiger partial charge in [-0.15, -0.1) is 0 Å². The van der Waals surface area contributed by atoms with Gasteiger partial charge in [0.25, 0.3) is 11.7 Å². The number of hydrogen-bond donors (Lipinski definition) is 2. The number of carbonyl (C=O) groups excluding carboxylic acids is 1. The van der Waals surface area contributed by atoms with Crippen molar-refractivity contribution < 1.29 is 22.9 Å². The smallest absolute Gasteiger partial charge is 0.288 e. The molecule has 0 fully saturated rings. The highest BCUT2D eigenvalue weighted by Crippen LogP contribution is 2.26. The molecule has 0 aliphatic heterocycles. The van der Waals surface area contributed by atoms with Gasteiger partial charge in [-0.25, -0.2) is 4.39 Å². The predicted molar refractivity (Wildman–Crippen MR) is 88.8 cm³/mol. The minimum absolute atomic E-state index is 0.169. The van der Waals surface area contributed by atoms with E-state index in [0.717, 1.165) is 4.90 Å². The van der Waals surface area contributed by atoms with Gasteiger partial charge in [0.1, 0.15) is 12.4 Å². The van der Waals surface area contributed by atoms with Gasteiger partial charge < -0.3 is 10.2 Å². The van der Waals surface area contributed by atoms with E-state index in [1.54, 1.807) is 37.4 Å². The van der Waals surface area contributed by atoms with Crippen molar-refractivity contribution in [3.63, 3.8) is 0 Å². The zero-order valence-corrected chi connectivity index (χ0v) is 13.9. The minimum atomic E-state index is -2.47. The van der Waals surface area contributed by atoms with Crippen LogP contribution in [0.3, 0.4) is 0 Å². The number of halogens is 3. The van der Waals surface area contributed by atoms with E-state index in [1.165, 1.54) is 18.2 Å². The molecule has 0 aliphatic carbocycles. The van der Waals surface area contributed by atoms with Gasteiger partial charge in [-0.05, 0) is 30.3 Å². The Kier molecular flexibility index (Phi) is 6.69. The van der Waals surface area contributed by atoms with Crippen molar-refractivity contribution in [2.75, 3.05) is 18.9 Å². The van der Waals surface area contributed by atoms with Gasteiger partial charge in [-0.1, -0.05) is 30.0 Å². The third-order valence-electron chi connectivity index (χ3n) is 3.28. The van der Waals surface area contributed by atoms with Crippen LogP contribution in [-0.4, -0.2) is 25.3 Å². The summed E-state index contributed by atoms with van der Waals surface area (Å²) in [4.78, 5) is 13.3. The van der Waals surface area contributed by atoms with E-state index in [0.29, 0.717) is 34.5 Å². The number of amides is 1. The van der Waals surface area contributed by atoms with Gasteiger partial charge in [-0.3, -0.25) is 4.79 Å². The third-order valence-corrected chi connectivity index (χ3v) is 4.00. The SMILES string of the molecule is C[NH+](CC(=O)Nc1ccc(SC(F)F)cc1)Cc1ccccc1F. The molecule has 2 aromatic carbocycles. The lowest BCUT2D eigenvalue weighted by Crippen LogP contribution is -3.08. The summed E-state index contributed by atoms with van der Waals surface area (Å²) in [6, 6.07) is 12.7. The zero-order chi connectivity index (χ0) is 17.5. The van der Waals surface area contributed by atoms with E-state index >= 15 is 0 Å². The molecule has 0 aromatic heterocycles. The molecular weight excluding hydrogens is 337 g/mol. The lowest BCUT2D eigenvalue weighted by Gasteiger charge is -2.14. The van der Waals surface area contributed by atoms with Gasteiger partial charge in [0, 0.05) is 16.1 Å². The molecule has 1 unspecified atom stereocenters. The molecule has 0 saturated carbocycles. The number of likely N-dealkylation sites (N-methyl/N-ethyl adjacent to an activating group) is 1.